The summed E-state index contributed by atoms with van der Waals surface area (Å²) in [4.78, 5) is 4.64. The van der Waals surface area contributed by atoms with Crippen molar-refractivity contribution in [1.29, 1.82) is 0 Å². The molecule has 0 spiro atoms. The summed E-state index contributed by atoms with van der Waals surface area (Å²) in [5.74, 6) is 0. The molecule has 0 saturated heterocycles. The van der Waals surface area contributed by atoms with Crippen LogP contribution in [0.2, 0.25) is 0 Å². The van der Waals surface area contributed by atoms with Gasteiger partial charge in [0.05, 0.1) is 35.0 Å². The first kappa shape index (κ1) is 14.4. The molecule has 1 aromatic heterocycles. The summed E-state index contributed by atoms with van der Waals surface area (Å²) in [6, 6.07) is 8.53. The van der Waals surface area contributed by atoms with Gasteiger partial charge in [-0.25, -0.2) is 4.98 Å². The summed E-state index contributed by atoms with van der Waals surface area (Å²) >= 11 is 1.75. The number of rotatable bonds is 8. The molecule has 0 radical (unpaired) electrons. The van der Waals surface area contributed by atoms with Crippen LogP contribution in [0.4, 0.5) is 0 Å². The lowest BCUT2D eigenvalue weighted by Gasteiger charge is -2.14. The lowest BCUT2D eigenvalue weighted by molar-refractivity contribution is 0.0598. The Morgan fingerprint density at radius 2 is 2.16 bits per heavy atom. The second-order valence-electron chi connectivity index (χ2n) is 4.33. The predicted octanol–water partition coefficient (Wildman–Crippen LogP) is 2.09. The highest BCUT2D eigenvalue weighted by atomic mass is 32.1. The lowest BCUT2D eigenvalue weighted by atomic mass is 10.2. The van der Waals surface area contributed by atoms with E-state index in [0.29, 0.717) is 19.8 Å². The fourth-order valence-corrected chi connectivity index (χ4v) is 2.88. The minimum atomic E-state index is 0.289. The van der Waals surface area contributed by atoms with E-state index >= 15 is 0 Å². The highest BCUT2D eigenvalue weighted by Crippen LogP contribution is 2.22. The number of thiazole rings is 1. The molecule has 0 aliphatic rings. The number of para-hydroxylation sites is 1. The number of hydrogen-bond donors (Lipinski definition) is 1. The molecule has 4 nitrogen and oxygen atoms in total. The van der Waals surface area contributed by atoms with Crippen LogP contribution < -0.4 is 5.32 Å². The van der Waals surface area contributed by atoms with Crippen molar-refractivity contribution in [3.63, 3.8) is 0 Å². The molecule has 0 aliphatic heterocycles. The average molecular weight is 280 g/mol. The van der Waals surface area contributed by atoms with E-state index in [2.05, 4.69) is 22.4 Å². The number of fused-ring (bicyclic) bond motifs is 1. The maximum Gasteiger partial charge on any atom is 0.0955 e. The largest absolute Gasteiger partial charge is 0.382 e. The van der Waals surface area contributed by atoms with E-state index in [4.69, 9.17) is 9.47 Å². The van der Waals surface area contributed by atoms with Gasteiger partial charge in [0.15, 0.2) is 0 Å². The standard InChI is InChI=1S/C14H20N2O2S/c1-15-11(10-18-8-7-17-2)9-14-16-12-5-3-4-6-13(12)19-14/h3-6,11,15H,7-10H2,1-2H3. The molecular weight excluding hydrogens is 260 g/mol. The molecule has 1 heterocycles. The lowest BCUT2D eigenvalue weighted by Crippen LogP contribution is -2.33. The molecule has 2 aromatic rings. The van der Waals surface area contributed by atoms with Crippen molar-refractivity contribution in [2.24, 2.45) is 0 Å². The van der Waals surface area contributed by atoms with Gasteiger partial charge in [-0.1, -0.05) is 12.1 Å². The van der Waals surface area contributed by atoms with Crippen LogP contribution in [0.25, 0.3) is 10.2 Å². The molecule has 5 heteroatoms. The average Bonchev–Trinajstić information content (AvgIpc) is 2.84. The first-order valence-electron chi connectivity index (χ1n) is 6.42. The van der Waals surface area contributed by atoms with Gasteiger partial charge in [0, 0.05) is 19.6 Å². The third-order valence-electron chi connectivity index (χ3n) is 2.92. The highest BCUT2D eigenvalue weighted by Gasteiger charge is 2.11. The number of benzene rings is 1. The first-order chi connectivity index (χ1) is 9.33. The molecule has 1 N–H and O–H groups in total. The molecule has 19 heavy (non-hydrogen) atoms. The van der Waals surface area contributed by atoms with Crippen LogP contribution in [-0.2, 0) is 15.9 Å². The molecule has 1 atom stereocenters. The number of aromatic nitrogens is 1. The summed E-state index contributed by atoms with van der Waals surface area (Å²) in [7, 11) is 3.64. The monoisotopic (exact) mass is 280 g/mol. The van der Waals surface area contributed by atoms with Crippen molar-refractivity contribution in [2.75, 3.05) is 34.0 Å². The molecule has 0 bridgehead atoms. The quantitative estimate of drug-likeness (QED) is 0.752. The minimum Gasteiger partial charge on any atom is -0.382 e. The van der Waals surface area contributed by atoms with Gasteiger partial charge in [-0.2, -0.15) is 0 Å². The van der Waals surface area contributed by atoms with Crippen LogP contribution in [0.5, 0.6) is 0 Å². The third-order valence-corrected chi connectivity index (χ3v) is 3.98. The number of nitrogens with one attached hydrogen (secondary N) is 1. The highest BCUT2D eigenvalue weighted by molar-refractivity contribution is 7.18. The van der Waals surface area contributed by atoms with Crippen molar-refractivity contribution >= 4 is 21.6 Å². The molecule has 0 aliphatic carbocycles. The normalized spacial score (nSPS) is 12.9. The van der Waals surface area contributed by atoms with Gasteiger partial charge in [0.2, 0.25) is 0 Å². The Morgan fingerprint density at radius 1 is 1.32 bits per heavy atom. The van der Waals surface area contributed by atoms with Crippen molar-refractivity contribution in [3.8, 4) is 0 Å². The Kier molecular flexibility index (Phi) is 5.72. The summed E-state index contributed by atoms with van der Waals surface area (Å²) < 4.78 is 11.8. The zero-order valence-corrected chi connectivity index (χ0v) is 12.2. The number of ether oxygens (including phenoxy) is 2. The first-order valence-corrected chi connectivity index (χ1v) is 7.23. The molecule has 0 fully saturated rings. The van der Waals surface area contributed by atoms with Gasteiger partial charge in [-0.05, 0) is 19.2 Å². The minimum absolute atomic E-state index is 0.289. The van der Waals surface area contributed by atoms with Crippen molar-refractivity contribution in [1.82, 2.24) is 10.3 Å². The van der Waals surface area contributed by atoms with Crippen molar-refractivity contribution < 1.29 is 9.47 Å². The Labute approximate surface area is 117 Å². The second kappa shape index (κ2) is 7.55. The van der Waals surface area contributed by atoms with Gasteiger partial charge in [0.25, 0.3) is 0 Å². The van der Waals surface area contributed by atoms with E-state index < -0.39 is 0 Å². The molecular formula is C14H20N2O2S. The van der Waals surface area contributed by atoms with Crippen LogP contribution in [0.3, 0.4) is 0 Å². The summed E-state index contributed by atoms with van der Waals surface area (Å²) in [5.41, 5.74) is 1.08. The fraction of sp³-hybridized carbons (Fsp3) is 0.500. The zero-order chi connectivity index (χ0) is 13.5. The van der Waals surface area contributed by atoms with Crippen molar-refractivity contribution in [2.45, 2.75) is 12.5 Å². The topological polar surface area (TPSA) is 43.4 Å². The van der Waals surface area contributed by atoms with E-state index in [-0.39, 0.29) is 6.04 Å². The molecule has 2 rings (SSSR count). The number of hydrogen-bond acceptors (Lipinski definition) is 5. The van der Waals surface area contributed by atoms with E-state index in [1.54, 1.807) is 18.4 Å². The van der Waals surface area contributed by atoms with Gasteiger partial charge < -0.3 is 14.8 Å². The van der Waals surface area contributed by atoms with Crippen molar-refractivity contribution in [3.05, 3.63) is 29.3 Å². The summed E-state index contributed by atoms with van der Waals surface area (Å²) in [5, 5.41) is 4.42. The van der Waals surface area contributed by atoms with Gasteiger partial charge in [-0.15, -0.1) is 11.3 Å². The van der Waals surface area contributed by atoms with Crippen LogP contribution in [0.15, 0.2) is 24.3 Å². The molecule has 1 aromatic carbocycles. The third kappa shape index (κ3) is 4.24. The molecule has 1 unspecified atom stereocenters. The number of methoxy groups -OCH3 is 1. The second-order valence-corrected chi connectivity index (χ2v) is 5.45. The van der Waals surface area contributed by atoms with E-state index in [9.17, 15) is 0 Å². The van der Waals surface area contributed by atoms with E-state index in [0.717, 1.165) is 16.9 Å². The van der Waals surface area contributed by atoms with Crippen LogP contribution in [0, 0.1) is 0 Å². The van der Waals surface area contributed by atoms with Crippen LogP contribution in [0.1, 0.15) is 5.01 Å². The summed E-state index contributed by atoms with van der Waals surface area (Å²) in [6.07, 6.45) is 0.892. The Balaban J connectivity index is 1.90. The summed E-state index contributed by atoms with van der Waals surface area (Å²) in [6.45, 7) is 1.95. The predicted molar refractivity (Wildman–Crippen MR) is 78.9 cm³/mol. The molecule has 0 saturated carbocycles. The van der Waals surface area contributed by atoms with Gasteiger partial charge in [0.1, 0.15) is 0 Å². The van der Waals surface area contributed by atoms with Crippen LogP contribution in [-0.4, -0.2) is 45.0 Å². The fourth-order valence-electron chi connectivity index (χ4n) is 1.83. The van der Waals surface area contributed by atoms with E-state index in [1.807, 2.05) is 19.2 Å². The van der Waals surface area contributed by atoms with Gasteiger partial charge >= 0.3 is 0 Å². The Hall–Kier alpha value is -1.01. The molecule has 104 valence electrons. The van der Waals surface area contributed by atoms with Gasteiger partial charge in [-0.3, -0.25) is 0 Å². The Bertz CT molecular complexity index is 468. The smallest absolute Gasteiger partial charge is 0.0955 e. The van der Waals surface area contributed by atoms with Crippen LogP contribution >= 0.6 is 11.3 Å². The SMILES string of the molecule is CNC(COCCOC)Cc1nc2ccccc2s1. The Morgan fingerprint density at radius 3 is 2.89 bits per heavy atom. The maximum absolute atomic E-state index is 5.56. The number of likely N-dealkylation sites (N-methyl/N-ethyl adjacent to an activating group) is 1. The maximum atomic E-state index is 5.56. The molecule has 0 amide bonds. The van der Waals surface area contributed by atoms with E-state index in [1.165, 1.54) is 4.70 Å². The number of nitrogens with zero attached hydrogens (tertiary/aromatic N) is 1. The zero-order valence-electron chi connectivity index (χ0n) is 11.4.